The van der Waals surface area contributed by atoms with Crippen molar-refractivity contribution in [3.63, 3.8) is 0 Å². The maximum absolute atomic E-state index is 12.2. The molecule has 0 atom stereocenters. The molecule has 1 N–H and O–H groups in total. The molecular weight excluding hydrogens is 270 g/mol. The van der Waals surface area contributed by atoms with Gasteiger partial charge >= 0.3 is 5.97 Å². The van der Waals surface area contributed by atoms with Crippen molar-refractivity contribution in [2.75, 3.05) is 27.2 Å². The molecule has 1 amide bonds. The van der Waals surface area contributed by atoms with E-state index in [1.165, 1.54) is 0 Å². The maximum atomic E-state index is 12.2. The third kappa shape index (κ3) is 7.41. The molecule has 0 spiro atoms. The fourth-order valence-corrected chi connectivity index (χ4v) is 1.87. The van der Waals surface area contributed by atoms with Crippen LogP contribution in [0.3, 0.4) is 0 Å². The highest BCUT2D eigenvalue weighted by atomic mass is 16.4. The molecule has 0 bridgehead atoms. The van der Waals surface area contributed by atoms with Gasteiger partial charge in [-0.05, 0) is 32.1 Å². The summed E-state index contributed by atoms with van der Waals surface area (Å²) < 4.78 is 0. The monoisotopic (exact) mass is 293 g/mol. The van der Waals surface area contributed by atoms with Crippen molar-refractivity contribution in [3.05, 3.63) is 30.1 Å². The Kier molecular flexibility index (Phi) is 7.39. The zero-order valence-corrected chi connectivity index (χ0v) is 12.7. The number of hydrogen-bond acceptors (Lipinski definition) is 4. The first kappa shape index (κ1) is 17.1. The van der Waals surface area contributed by atoms with Crippen molar-refractivity contribution in [2.24, 2.45) is 0 Å². The van der Waals surface area contributed by atoms with E-state index in [-0.39, 0.29) is 18.7 Å². The standard InChI is InChI=1S/C15H23N3O3/c1-17(2)9-10-18(12-13-5-4-8-16-11-13)14(19)6-3-7-15(20)21/h4-5,8,11H,3,6-7,9-10,12H2,1-2H3,(H,20,21). The second-order valence-corrected chi connectivity index (χ2v) is 5.23. The number of carboxylic acids is 1. The number of pyridine rings is 1. The molecule has 1 heterocycles. The minimum absolute atomic E-state index is 0.0121. The second-order valence-electron chi connectivity index (χ2n) is 5.23. The molecular formula is C15H23N3O3. The third-order valence-corrected chi connectivity index (χ3v) is 3.05. The van der Waals surface area contributed by atoms with Crippen LogP contribution >= 0.6 is 0 Å². The van der Waals surface area contributed by atoms with Crippen LogP contribution in [-0.2, 0) is 16.1 Å². The van der Waals surface area contributed by atoms with Gasteiger partial charge in [-0.15, -0.1) is 0 Å². The largest absolute Gasteiger partial charge is 0.481 e. The summed E-state index contributed by atoms with van der Waals surface area (Å²) in [5.74, 6) is -0.878. The number of carbonyl (C=O) groups excluding carboxylic acids is 1. The number of aromatic nitrogens is 1. The van der Waals surface area contributed by atoms with Gasteiger partial charge in [0, 0.05) is 44.9 Å². The van der Waals surface area contributed by atoms with Crippen LogP contribution in [-0.4, -0.2) is 59.0 Å². The molecule has 0 saturated heterocycles. The van der Waals surface area contributed by atoms with Crippen molar-refractivity contribution in [2.45, 2.75) is 25.8 Å². The summed E-state index contributed by atoms with van der Waals surface area (Å²) in [5.41, 5.74) is 0.975. The summed E-state index contributed by atoms with van der Waals surface area (Å²) in [6.07, 6.45) is 4.11. The predicted octanol–water partition coefficient (Wildman–Crippen LogP) is 1.23. The number of hydrogen-bond donors (Lipinski definition) is 1. The van der Waals surface area contributed by atoms with Crippen LogP contribution < -0.4 is 0 Å². The van der Waals surface area contributed by atoms with Crippen molar-refractivity contribution in [1.29, 1.82) is 0 Å². The Bertz CT molecular complexity index is 449. The predicted molar refractivity (Wildman–Crippen MR) is 79.7 cm³/mol. The van der Waals surface area contributed by atoms with Gasteiger partial charge in [0.25, 0.3) is 0 Å². The maximum Gasteiger partial charge on any atom is 0.303 e. The van der Waals surface area contributed by atoms with Gasteiger partial charge in [0.1, 0.15) is 0 Å². The van der Waals surface area contributed by atoms with E-state index in [0.717, 1.165) is 12.1 Å². The van der Waals surface area contributed by atoms with Gasteiger partial charge < -0.3 is 14.9 Å². The highest BCUT2D eigenvalue weighted by molar-refractivity contribution is 5.77. The van der Waals surface area contributed by atoms with E-state index in [9.17, 15) is 9.59 Å². The number of carboxylic acid groups (broad SMARTS) is 1. The van der Waals surface area contributed by atoms with E-state index in [2.05, 4.69) is 4.98 Å². The number of rotatable bonds is 9. The number of likely N-dealkylation sites (N-methyl/N-ethyl adjacent to an activating group) is 1. The number of nitrogens with zero attached hydrogens (tertiary/aromatic N) is 3. The molecule has 0 aliphatic carbocycles. The molecule has 6 nitrogen and oxygen atoms in total. The molecule has 0 aliphatic heterocycles. The van der Waals surface area contributed by atoms with Gasteiger partial charge in [0.2, 0.25) is 5.91 Å². The first-order chi connectivity index (χ1) is 9.99. The van der Waals surface area contributed by atoms with Crippen LogP contribution in [0.15, 0.2) is 24.5 Å². The lowest BCUT2D eigenvalue weighted by atomic mass is 10.2. The molecule has 6 heteroatoms. The number of amides is 1. The molecule has 0 aromatic carbocycles. The highest BCUT2D eigenvalue weighted by Crippen LogP contribution is 2.07. The van der Waals surface area contributed by atoms with Crippen molar-refractivity contribution >= 4 is 11.9 Å². The molecule has 1 rings (SSSR count). The smallest absolute Gasteiger partial charge is 0.303 e. The van der Waals surface area contributed by atoms with E-state index in [0.29, 0.717) is 19.5 Å². The lowest BCUT2D eigenvalue weighted by Crippen LogP contribution is -2.36. The van der Waals surface area contributed by atoms with E-state index in [1.54, 1.807) is 17.3 Å². The topological polar surface area (TPSA) is 73.7 Å². The minimum atomic E-state index is -0.866. The van der Waals surface area contributed by atoms with Crippen LogP contribution in [0.4, 0.5) is 0 Å². The number of aliphatic carboxylic acids is 1. The lowest BCUT2D eigenvalue weighted by molar-refractivity contribution is -0.137. The highest BCUT2D eigenvalue weighted by Gasteiger charge is 2.14. The molecule has 0 saturated carbocycles. The summed E-state index contributed by atoms with van der Waals surface area (Å²) in [6.45, 7) is 1.90. The second kappa shape index (κ2) is 9.07. The fraction of sp³-hybridized carbons (Fsp3) is 0.533. The van der Waals surface area contributed by atoms with Gasteiger partial charge in [-0.2, -0.15) is 0 Å². The van der Waals surface area contributed by atoms with Crippen LogP contribution in [0.25, 0.3) is 0 Å². The lowest BCUT2D eigenvalue weighted by Gasteiger charge is -2.24. The summed E-state index contributed by atoms with van der Waals surface area (Å²) in [5, 5.41) is 8.64. The van der Waals surface area contributed by atoms with Gasteiger partial charge in [0.15, 0.2) is 0 Å². The fourth-order valence-electron chi connectivity index (χ4n) is 1.87. The molecule has 0 aliphatic rings. The van der Waals surface area contributed by atoms with Crippen molar-refractivity contribution in [1.82, 2.24) is 14.8 Å². The van der Waals surface area contributed by atoms with Crippen molar-refractivity contribution in [3.8, 4) is 0 Å². The molecule has 0 fully saturated rings. The molecule has 116 valence electrons. The van der Waals surface area contributed by atoms with Crippen LogP contribution in [0.1, 0.15) is 24.8 Å². The van der Waals surface area contributed by atoms with Crippen LogP contribution in [0.5, 0.6) is 0 Å². The molecule has 1 aromatic rings. The third-order valence-electron chi connectivity index (χ3n) is 3.05. The first-order valence-corrected chi connectivity index (χ1v) is 7.02. The average molecular weight is 293 g/mol. The Balaban J connectivity index is 2.58. The summed E-state index contributed by atoms with van der Waals surface area (Å²) in [6, 6.07) is 3.77. The van der Waals surface area contributed by atoms with Gasteiger partial charge in [-0.25, -0.2) is 0 Å². The van der Waals surface area contributed by atoms with E-state index in [1.807, 2.05) is 31.1 Å². The Morgan fingerprint density at radius 2 is 2.00 bits per heavy atom. The van der Waals surface area contributed by atoms with Crippen molar-refractivity contribution < 1.29 is 14.7 Å². The van der Waals surface area contributed by atoms with Crippen LogP contribution in [0, 0.1) is 0 Å². The van der Waals surface area contributed by atoms with Crippen LogP contribution in [0.2, 0.25) is 0 Å². The number of carbonyl (C=O) groups is 2. The van der Waals surface area contributed by atoms with E-state index in [4.69, 9.17) is 5.11 Å². The zero-order chi connectivity index (χ0) is 15.7. The summed E-state index contributed by atoms with van der Waals surface area (Å²) >= 11 is 0. The van der Waals surface area contributed by atoms with E-state index >= 15 is 0 Å². The molecule has 21 heavy (non-hydrogen) atoms. The molecule has 1 aromatic heterocycles. The minimum Gasteiger partial charge on any atom is -0.481 e. The summed E-state index contributed by atoms with van der Waals surface area (Å²) in [7, 11) is 3.91. The Morgan fingerprint density at radius 3 is 2.57 bits per heavy atom. The van der Waals surface area contributed by atoms with Gasteiger partial charge in [-0.1, -0.05) is 6.07 Å². The molecule has 0 unspecified atom stereocenters. The normalized spacial score (nSPS) is 10.6. The van der Waals surface area contributed by atoms with Gasteiger partial charge in [0.05, 0.1) is 0 Å². The zero-order valence-electron chi connectivity index (χ0n) is 12.7. The molecule has 0 radical (unpaired) electrons. The SMILES string of the molecule is CN(C)CCN(Cc1cccnc1)C(=O)CCCC(=O)O. The van der Waals surface area contributed by atoms with Gasteiger partial charge in [-0.3, -0.25) is 14.6 Å². The Morgan fingerprint density at radius 1 is 1.24 bits per heavy atom. The average Bonchev–Trinajstić information content (AvgIpc) is 2.43. The quantitative estimate of drug-likeness (QED) is 0.741. The Labute approximate surface area is 125 Å². The Hall–Kier alpha value is -1.95. The summed E-state index contributed by atoms with van der Waals surface area (Å²) in [4.78, 5) is 30.6. The first-order valence-electron chi connectivity index (χ1n) is 7.02. The van der Waals surface area contributed by atoms with E-state index < -0.39 is 5.97 Å².